The Kier molecular flexibility index (Phi) is 38.1. The summed E-state index contributed by atoms with van der Waals surface area (Å²) >= 11 is 13.9. The molecule has 2 aromatic heterocycles. The number of ether oxygens (including phenoxy) is 4. The van der Waals surface area contributed by atoms with Gasteiger partial charge in [0.1, 0.15) is 42.5 Å². The summed E-state index contributed by atoms with van der Waals surface area (Å²) in [5, 5.41) is 87.3. The second kappa shape index (κ2) is 50.2. The number of phenolic OH excluding ortho intramolecular Hbond substituents is 1. The van der Waals surface area contributed by atoms with Crippen molar-refractivity contribution in [3.63, 3.8) is 0 Å². The van der Waals surface area contributed by atoms with E-state index in [1.165, 1.54) is 72.4 Å². The molecule has 0 radical (unpaired) electrons. The summed E-state index contributed by atoms with van der Waals surface area (Å²) in [4.78, 5) is 161. The molecule has 0 bridgehead atoms. The van der Waals surface area contributed by atoms with Gasteiger partial charge in [-0.3, -0.25) is 19.2 Å². The van der Waals surface area contributed by atoms with Crippen molar-refractivity contribution in [1.29, 1.82) is 0 Å². The van der Waals surface area contributed by atoms with Crippen molar-refractivity contribution in [2.75, 3.05) is 92.4 Å². The van der Waals surface area contributed by atoms with Crippen LogP contribution in [0.15, 0.2) is 191 Å². The van der Waals surface area contributed by atoms with Crippen LogP contribution in [0.5, 0.6) is 5.75 Å². The van der Waals surface area contributed by atoms with E-state index in [2.05, 4.69) is 95.8 Å². The van der Waals surface area contributed by atoms with E-state index in [-0.39, 0.29) is 180 Å². The SMILES string of the molecule is CN(C)c1ccc2c(-c3c(Cl)c(C(=O)NCc4ccc(C(=O)NCc5c(O)ccc6c(-c7cc(C(=O)NCCOCC#CCc8cn([C@H]9CC[C@@H](COP(OO)(OOO)(P(=O)=O)P(=O)=O)O9)c(=O)[nH]c8=O)ccc7C(=O)O)c7ccc(=O)cc-7oc56)cc4)cc(Cl)c3C(=O)O)c3ccc(=[N+](C)C)cc-3oc2c1.O=c1[nH]c(=O)n([C@H]2CC[C@@H](COP(OO)(OOO)([P+](=O)[O-])[P+](=O)[O-])O2)cc1CC#CCOCCNCCc1ccccc1.[HH].[HH]. The molecule has 2 saturated heterocycles. The fourth-order valence-electron chi connectivity index (χ4n) is 15.9. The van der Waals surface area contributed by atoms with Gasteiger partial charge in [-0.15, -0.1) is 0 Å². The van der Waals surface area contributed by atoms with Crippen molar-refractivity contribution in [2.45, 2.75) is 82.7 Å². The molecule has 2 unspecified atom stereocenters. The Morgan fingerprint density at radius 1 is 0.587 bits per heavy atom. The summed E-state index contributed by atoms with van der Waals surface area (Å²) in [6, 6.07) is 38.6. The number of phenols is 1. The Morgan fingerprint density at radius 3 is 1.75 bits per heavy atom. The number of aromatic nitrogens is 4. The quantitative estimate of drug-likeness (QED) is 0.00321. The summed E-state index contributed by atoms with van der Waals surface area (Å²) in [5.41, 5.74) is 0.201. The average molecular weight is 2230 g/mol. The zero-order valence-corrected chi connectivity index (χ0v) is 85.8. The van der Waals surface area contributed by atoms with Crippen LogP contribution in [0.3, 0.4) is 0 Å². The van der Waals surface area contributed by atoms with E-state index in [0.717, 1.165) is 45.4 Å². The Hall–Kier alpha value is -13.2. The molecule has 3 amide bonds. The number of nitrogens with zero attached hydrogens (tertiary/aromatic N) is 4. The molecule has 794 valence electrons. The van der Waals surface area contributed by atoms with Crippen LogP contribution in [-0.4, -0.2) is 185 Å². The van der Waals surface area contributed by atoms with Crippen LogP contribution in [0, 0.1) is 23.7 Å². The maximum absolute atomic E-state index is 14.2. The van der Waals surface area contributed by atoms with E-state index in [1.807, 2.05) is 80.1 Å². The average Bonchev–Trinajstić information content (AvgIpc) is 0.907. The number of H-pyrrole nitrogens is 2. The summed E-state index contributed by atoms with van der Waals surface area (Å²) in [5.74, 6) is 6.30. The minimum Gasteiger partial charge on any atom is -0.367 e. The van der Waals surface area contributed by atoms with Gasteiger partial charge in [-0.1, -0.05) is 65.7 Å². The number of hydrogen-bond acceptors (Lipinski definition) is 39. The minimum atomic E-state index is -6.59. The topological polar surface area (TPSA) is 694 Å². The first-order valence-electron chi connectivity index (χ1n) is 44.6. The van der Waals surface area contributed by atoms with Crippen molar-refractivity contribution >= 4 is 124 Å². The number of carbonyl (C=O) groups is 5. The van der Waals surface area contributed by atoms with Gasteiger partial charge < -0.3 is 59.8 Å². The van der Waals surface area contributed by atoms with E-state index in [1.54, 1.807) is 24.3 Å². The number of amides is 3. The number of anilines is 1. The van der Waals surface area contributed by atoms with Gasteiger partial charge in [0, 0.05) is 110 Å². The minimum absolute atomic E-state index is 0. The van der Waals surface area contributed by atoms with Crippen LogP contribution in [0.1, 0.15) is 121 Å². The molecule has 6 heterocycles. The molecule has 150 heavy (non-hydrogen) atoms. The van der Waals surface area contributed by atoms with E-state index in [4.69, 9.17) is 75.8 Å². The van der Waals surface area contributed by atoms with E-state index < -0.39 is 139 Å². The van der Waals surface area contributed by atoms with Crippen molar-refractivity contribution in [1.82, 2.24) is 44.9 Å². The monoisotopic (exact) mass is 2230 g/mol. The summed E-state index contributed by atoms with van der Waals surface area (Å²) in [6.45, 7) is -13.6. The van der Waals surface area contributed by atoms with Crippen molar-refractivity contribution in [3.8, 4) is 74.3 Å². The number of fused-ring (bicyclic) bond motifs is 4. The van der Waals surface area contributed by atoms with E-state index in [0.29, 0.717) is 46.6 Å². The number of carbonyl (C=O) groups excluding carboxylic acids is 3. The molecule has 6 aromatic carbocycles. The molecule has 0 saturated carbocycles. The van der Waals surface area contributed by atoms with Gasteiger partial charge in [-0.05, 0) is 109 Å². The molecule has 14 rings (SSSR count). The number of carboxylic acid groups (broad SMARTS) is 2. The number of halogens is 2. The van der Waals surface area contributed by atoms with Gasteiger partial charge in [-0.25, -0.2) is 14.2 Å². The Labute approximate surface area is 860 Å². The molecule has 57 heteroatoms. The first-order valence-corrected chi connectivity index (χ1v) is 56.9. The fourth-order valence-corrected chi connectivity index (χ4v) is 25.4. The standard InChI is InChI=1S/C70H60Cl2N7O25P3.C23H30N3O14P3.2H2/c1-77(2)40-13-18-46-54(28-40)100-55-29-41(78(3)4)14-19-47(55)59(46)61-60(69(88)89)52(71)31-50(62(61)72)67(85)74-32-36-8-10-37(11-9-36)64(82)75-33-51-53(81)22-21-48-58(45-20-15-42(80)30-56(45)101-63(48)51)49-27-38(12-17-44(49)68(86)87)65(83)73-24-26-97-25-6-5-7-39-34-79(70(90)76-66(39)84)57-23-16-43(99-57)35-98-107(103-92,104-102-91,105(93)94)106(95)96;27-22-19(8-4-5-14-35-15-13-24-12-11-18-6-2-1-3-7-18)16-26(23(28)25-22)21-10-9-20(37-21)17-36-43(39-30,40-38-29,41(31)32)42(33)34;;/h8-15,17-22,27-31,34,43,57H,7,16,23-26,32-33,35H2,1-4H3,(H8-,73,74,75,76,80,81,82,83,84,85,86,87,88,89,90,91,92);1-3,6-7,16,20-21,24,29-30H,8-15,17H2,(H,25,27,28);2*1H/p+1/t43-,57+;20-,21+;;/m00../s1. The maximum atomic E-state index is 14.2. The smallest absolute Gasteiger partial charge is 0.367 e. The zero-order chi connectivity index (χ0) is 108. The number of carboxylic acids is 2. The summed E-state index contributed by atoms with van der Waals surface area (Å²) in [7, 11) is -10.1. The third-order valence-corrected chi connectivity index (χ3v) is 43.7. The van der Waals surface area contributed by atoms with Gasteiger partial charge in [0.05, 0.1) is 58.1 Å². The predicted molar refractivity (Wildman–Crippen MR) is 536 cm³/mol. The first kappa shape index (κ1) is 114. The molecule has 8 aromatic rings. The summed E-state index contributed by atoms with van der Waals surface area (Å²) < 4.78 is 135. The van der Waals surface area contributed by atoms with Crippen LogP contribution < -0.4 is 73.8 Å². The van der Waals surface area contributed by atoms with Gasteiger partial charge in [0.25, 0.3) is 17.7 Å². The molecule has 2 fully saturated rings. The van der Waals surface area contributed by atoms with Crippen LogP contribution >= 0.6 is 66.7 Å². The molecular formula is C93H95Cl2N10O39P6+. The second-order valence-corrected chi connectivity index (χ2v) is 54.5. The molecule has 0 spiro atoms. The fraction of sp³-hybridized carbons (Fsp3) is 0.280. The molecular weight excluding hydrogens is 2140 g/mol. The van der Waals surface area contributed by atoms with Crippen molar-refractivity contribution < 1.29 is 166 Å². The molecule has 4 aliphatic heterocycles. The zero-order valence-electron chi connectivity index (χ0n) is 79.0. The van der Waals surface area contributed by atoms with Gasteiger partial charge in [-0.2, -0.15) is 0 Å². The van der Waals surface area contributed by atoms with Crippen LogP contribution in [0.2, 0.25) is 10.0 Å². The number of aromatic amines is 2. The normalized spacial score (nSPS) is 15.2. The molecule has 49 nitrogen and oxygen atoms in total. The molecule has 6 aliphatic rings. The molecule has 13 N–H and O–H groups in total. The third-order valence-electron chi connectivity index (χ3n) is 23.5. The first-order chi connectivity index (χ1) is 71.7. The number of hydrogen-bond donors (Lipinski definition) is 13. The molecule has 6 atom stereocenters. The van der Waals surface area contributed by atoms with Gasteiger partial charge in [0.15, 0.2) is 5.43 Å². The second-order valence-electron chi connectivity index (χ2n) is 33.3. The number of rotatable bonds is 43. The Bertz CT molecular complexity index is 7830. The van der Waals surface area contributed by atoms with Crippen LogP contribution in [-0.2, 0) is 117 Å². The van der Waals surface area contributed by atoms with E-state index >= 15 is 0 Å². The predicted octanol–water partition coefficient (Wildman–Crippen LogP) is 11.7. The molecule has 2 aliphatic carbocycles. The Balaban J connectivity index is 0.000000407. The van der Waals surface area contributed by atoms with Gasteiger partial charge >= 0.3 is 359 Å². The summed E-state index contributed by atoms with van der Waals surface area (Å²) in [6.07, 6.45) is -0.792. The van der Waals surface area contributed by atoms with Crippen LogP contribution in [0.4, 0.5) is 5.69 Å². The number of aromatic hydroxyl groups is 1. The van der Waals surface area contributed by atoms with Crippen molar-refractivity contribution in [3.05, 3.63) is 281 Å². The number of benzene rings is 8. The third kappa shape index (κ3) is 25.1. The van der Waals surface area contributed by atoms with Crippen molar-refractivity contribution in [2.24, 2.45) is 0 Å². The van der Waals surface area contributed by atoms with E-state index in [9.17, 15) is 106 Å². The van der Waals surface area contributed by atoms with Crippen LogP contribution in [0.25, 0.3) is 66.8 Å². The Morgan fingerprint density at radius 2 is 1.17 bits per heavy atom. The number of aromatic carboxylic acids is 2. The van der Waals surface area contributed by atoms with Gasteiger partial charge in [0.2, 0.25) is 5.36 Å². The number of nitrogens with one attached hydrogen (secondary N) is 6.